The lowest BCUT2D eigenvalue weighted by Gasteiger charge is -2.34. The lowest BCUT2D eigenvalue weighted by atomic mass is 9.96. The van der Waals surface area contributed by atoms with Gasteiger partial charge in [0.1, 0.15) is 0 Å². The van der Waals surface area contributed by atoms with E-state index >= 15 is 0 Å². The molecule has 2 aromatic carbocycles. The number of rotatable bonds is 5. The zero-order valence-corrected chi connectivity index (χ0v) is 23.0. The van der Waals surface area contributed by atoms with Crippen molar-refractivity contribution in [2.24, 2.45) is 0 Å². The molecule has 1 aromatic heterocycles. The minimum Gasteiger partial charge on any atom is -0.345 e. The number of piperazine rings is 1. The summed E-state index contributed by atoms with van der Waals surface area (Å²) in [7, 11) is -1.90. The summed E-state index contributed by atoms with van der Waals surface area (Å²) in [6.07, 6.45) is 5.11. The summed E-state index contributed by atoms with van der Waals surface area (Å²) in [5, 5.41) is 1.63. The number of nitrogens with zero attached hydrogens (tertiary/aromatic N) is 4. The molecule has 1 saturated heterocycles. The average Bonchev–Trinajstić information content (AvgIpc) is 3.38. The lowest BCUT2D eigenvalue weighted by molar-refractivity contribution is 0.0746. The maximum atomic E-state index is 13.1. The van der Waals surface area contributed by atoms with E-state index in [4.69, 9.17) is 16.6 Å². The van der Waals surface area contributed by atoms with Crippen LogP contribution in [0.1, 0.15) is 48.0 Å². The number of fused-ring (bicyclic) bond motifs is 1. The zero-order valence-electron chi connectivity index (χ0n) is 20.6. The van der Waals surface area contributed by atoms with Gasteiger partial charge in [-0.05, 0) is 55.7 Å². The fraction of sp³-hybridized carbons (Fsp3) is 0.462. The number of aryl methyl sites for hydroxylation is 1. The average molecular weight is 547 g/mol. The number of thiazole rings is 1. The van der Waals surface area contributed by atoms with Crippen LogP contribution in [0.5, 0.6) is 0 Å². The second kappa shape index (κ2) is 10.3. The summed E-state index contributed by atoms with van der Waals surface area (Å²) in [6, 6.07) is 10.3. The number of carbonyl (C=O) groups excluding carboxylic acids is 1. The standard InChI is InChI=1S/C26H31ClN4O3S2/c1-18-8-13-22(27)24-23(18)28-26(35-24)31-16-14-30(15-17-31)25(32)19-9-11-21(12-10-19)36(33,34)29(2)20-6-4-3-5-7-20/h8-13,20H,3-7,14-17H2,1-2H3. The van der Waals surface area contributed by atoms with Gasteiger partial charge in [0, 0.05) is 44.8 Å². The summed E-state index contributed by atoms with van der Waals surface area (Å²) in [5.74, 6) is -0.0811. The van der Waals surface area contributed by atoms with Gasteiger partial charge in [-0.2, -0.15) is 4.31 Å². The molecule has 2 heterocycles. The Balaban J connectivity index is 1.23. The molecule has 0 bridgehead atoms. The molecule has 0 spiro atoms. The summed E-state index contributed by atoms with van der Waals surface area (Å²) in [5.41, 5.74) is 2.54. The highest BCUT2D eigenvalue weighted by Crippen LogP contribution is 2.36. The number of hydrogen-bond donors (Lipinski definition) is 0. The van der Waals surface area contributed by atoms with Gasteiger partial charge in [0.25, 0.3) is 5.91 Å². The van der Waals surface area contributed by atoms with Gasteiger partial charge < -0.3 is 9.80 Å². The van der Waals surface area contributed by atoms with Crippen LogP contribution in [0.15, 0.2) is 41.3 Å². The van der Waals surface area contributed by atoms with E-state index in [1.807, 2.05) is 24.0 Å². The van der Waals surface area contributed by atoms with Crippen molar-refractivity contribution in [2.45, 2.75) is 50.0 Å². The summed E-state index contributed by atoms with van der Waals surface area (Å²) in [6.45, 7) is 4.54. The highest BCUT2D eigenvalue weighted by Gasteiger charge is 2.30. The van der Waals surface area contributed by atoms with Crippen molar-refractivity contribution in [1.82, 2.24) is 14.2 Å². The number of benzene rings is 2. The van der Waals surface area contributed by atoms with Gasteiger partial charge >= 0.3 is 0 Å². The molecule has 1 aliphatic carbocycles. The SMILES string of the molecule is Cc1ccc(Cl)c2sc(N3CCN(C(=O)c4ccc(S(=O)(=O)N(C)C5CCCCC5)cc4)CC3)nc12. The molecule has 1 saturated carbocycles. The Morgan fingerprint density at radius 3 is 2.33 bits per heavy atom. The Morgan fingerprint density at radius 2 is 1.69 bits per heavy atom. The predicted octanol–water partition coefficient (Wildman–Crippen LogP) is 5.17. The maximum absolute atomic E-state index is 13.1. The van der Waals surface area contributed by atoms with Gasteiger partial charge in [-0.1, -0.05) is 48.3 Å². The van der Waals surface area contributed by atoms with Crippen LogP contribution in [-0.2, 0) is 10.0 Å². The largest absolute Gasteiger partial charge is 0.345 e. The van der Waals surface area contributed by atoms with Crippen LogP contribution in [0.25, 0.3) is 10.2 Å². The first kappa shape index (κ1) is 25.4. The number of carbonyl (C=O) groups is 1. The highest BCUT2D eigenvalue weighted by atomic mass is 35.5. The van der Waals surface area contributed by atoms with Gasteiger partial charge in [-0.15, -0.1) is 0 Å². The molecule has 2 fully saturated rings. The van der Waals surface area contributed by atoms with Crippen LogP contribution in [-0.4, -0.2) is 67.8 Å². The highest BCUT2D eigenvalue weighted by molar-refractivity contribution is 7.89. The Kier molecular flexibility index (Phi) is 7.27. The smallest absolute Gasteiger partial charge is 0.253 e. The normalized spacial score (nSPS) is 17.8. The zero-order chi connectivity index (χ0) is 25.4. The minimum atomic E-state index is -3.57. The second-order valence-electron chi connectivity index (χ2n) is 9.66. The van der Waals surface area contributed by atoms with Crippen molar-refractivity contribution in [3.63, 3.8) is 0 Å². The van der Waals surface area contributed by atoms with Crippen molar-refractivity contribution in [3.8, 4) is 0 Å². The van der Waals surface area contributed by atoms with E-state index in [0.717, 1.165) is 46.6 Å². The Labute approximate surface area is 221 Å². The van der Waals surface area contributed by atoms with Gasteiger partial charge in [0.2, 0.25) is 10.0 Å². The number of anilines is 1. The monoisotopic (exact) mass is 546 g/mol. The molecule has 36 heavy (non-hydrogen) atoms. The Bertz CT molecular complexity index is 1320. The molecule has 0 N–H and O–H groups in total. The molecule has 1 amide bonds. The molecule has 0 radical (unpaired) electrons. The van der Waals surface area contributed by atoms with Gasteiger partial charge in [0.15, 0.2) is 5.13 Å². The van der Waals surface area contributed by atoms with E-state index in [0.29, 0.717) is 36.8 Å². The van der Waals surface area contributed by atoms with E-state index in [2.05, 4.69) is 4.90 Å². The molecule has 3 aromatic rings. The van der Waals surface area contributed by atoms with Gasteiger partial charge in [-0.3, -0.25) is 4.79 Å². The summed E-state index contributed by atoms with van der Waals surface area (Å²) >= 11 is 7.95. The maximum Gasteiger partial charge on any atom is 0.253 e. The number of sulfonamides is 1. The molecular formula is C26H31ClN4O3S2. The van der Waals surface area contributed by atoms with Crippen LogP contribution in [0.3, 0.4) is 0 Å². The van der Waals surface area contributed by atoms with Crippen LogP contribution in [0.4, 0.5) is 5.13 Å². The molecule has 10 heteroatoms. The first-order valence-corrected chi connectivity index (χ1v) is 15.1. The van der Waals surface area contributed by atoms with Crippen molar-refractivity contribution in [2.75, 3.05) is 38.1 Å². The topological polar surface area (TPSA) is 73.8 Å². The number of amides is 1. The fourth-order valence-corrected chi connectivity index (χ4v) is 7.87. The van der Waals surface area contributed by atoms with Crippen molar-refractivity contribution in [3.05, 3.63) is 52.5 Å². The number of aromatic nitrogens is 1. The van der Waals surface area contributed by atoms with E-state index in [9.17, 15) is 13.2 Å². The second-order valence-corrected chi connectivity index (χ2v) is 13.0. The first-order valence-electron chi connectivity index (χ1n) is 12.4. The molecule has 2 aliphatic rings. The molecule has 1 aliphatic heterocycles. The van der Waals surface area contributed by atoms with Crippen LogP contribution in [0, 0.1) is 6.92 Å². The molecular weight excluding hydrogens is 516 g/mol. The molecule has 5 rings (SSSR count). The summed E-state index contributed by atoms with van der Waals surface area (Å²) < 4.78 is 28.7. The third-order valence-electron chi connectivity index (χ3n) is 7.39. The van der Waals surface area contributed by atoms with E-state index < -0.39 is 10.0 Å². The van der Waals surface area contributed by atoms with E-state index in [-0.39, 0.29) is 16.8 Å². The summed E-state index contributed by atoms with van der Waals surface area (Å²) in [4.78, 5) is 22.2. The molecule has 0 unspecified atom stereocenters. The van der Waals surface area contributed by atoms with E-state index in [1.165, 1.54) is 10.7 Å². The number of hydrogen-bond acceptors (Lipinski definition) is 6. The van der Waals surface area contributed by atoms with E-state index in [1.54, 1.807) is 42.6 Å². The number of halogens is 1. The van der Waals surface area contributed by atoms with Crippen LogP contribution < -0.4 is 4.90 Å². The lowest BCUT2D eigenvalue weighted by Crippen LogP contribution is -2.48. The van der Waals surface area contributed by atoms with Crippen molar-refractivity contribution >= 4 is 54.2 Å². The Morgan fingerprint density at radius 1 is 1.03 bits per heavy atom. The fourth-order valence-electron chi connectivity index (χ4n) is 5.09. The third kappa shape index (κ3) is 4.86. The molecule has 192 valence electrons. The molecule has 0 atom stereocenters. The quantitative estimate of drug-likeness (QED) is 0.441. The minimum absolute atomic E-state index is 0.0525. The van der Waals surface area contributed by atoms with Gasteiger partial charge in [-0.25, -0.2) is 13.4 Å². The van der Waals surface area contributed by atoms with Crippen molar-refractivity contribution < 1.29 is 13.2 Å². The molecule has 7 nitrogen and oxygen atoms in total. The predicted molar refractivity (Wildman–Crippen MR) is 146 cm³/mol. The third-order valence-corrected chi connectivity index (χ3v) is 10.9. The van der Waals surface area contributed by atoms with Crippen molar-refractivity contribution in [1.29, 1.82) is 0 Å². The van der Waals surface area contributed by atoms with Gasteiger partial charge in [0.05, 0.1) is 20.1 Å². The van der Waals surface area contributed by atoms with Crippen LogP contribution >= 0.6 is 22.9 Å². The van der Waals surface area contributed by atoms with Crippen LogP contribution in [0.2, 0.25) is 5.02 Å². The Hall–Kier alpha value is -2.20. The first-order chi connectivity index (χ1) is 17.3.